The Morgan fingerprint density at radius 3 is 1.35 bits per heavy atom. The van der Waals surface area contributed by atoms with Crippen molar-refractivity contribution in [1.29, 1.82) is 0 Å². The van der Waals surface area contributed by atoms with E-state index in [2.05, 4.69) is 45.2 Å². The van der Waals surface area contributed by atoms with Gasteiger partial charge >= 0.3 is 53.8 Å². The maximum Gasteiger partial charge on any atom is 0.385 e. The summed E-state index contributed by atoms with van der Waals surface area (Å²) in [5, 5.41) is 18.2. The lowest BCUT2D eigenvalue weighted by molar-refractivity contribution is -0.140. The molecule has 9 rings (SSSR count). The fourth-order valence-electron chi connectivity index (χ4n) is 11.1. The Bertz CT molecular complexity index is 4440. The second-order valence-corrected chi connectivity index (χ2v) is 25.4. The van der Waals surface area contributed by atoms with Gasteiger partial charge < -0.3 is 47.4 Å². The van der Waals surface area contributed by atoms with Gasteiger partial charge in [0.1, 0.15) is 28.7 Å². The van der Waals surface area contributed by atoms with E-state index in [0.29, 0.717) is 89.6 Å². The number of rotatable bonds is 34. The van der Waals surface area contributed by atoms with E-state index >= 15 is 0 Å². The Morgan fingerprint density at radius 1 is 0.438 bits per heavy atom. The highest BCUT2D eigenvalue weighted by atomic mass is 16.6. The van der Waals surface area contributed by atoms with E-state index in [1.807, 2.05) is 55.5 Å². The molecule has 0 aliphatic heterocycles. The van der Waals surface area contributed by atoms with Crippen LogP contribution in [-0.4, -0.2) is 108 Å². The number of nitrogens with zero attached hydrogens (tertiary/aromatic N) is 4. The van der Waals surface area contributed by atoms with Crippen LogP contribution in [-0.2, 0) is 38.1 Å². The summed E-state index contributed by atoms with van der Waals surface area (Å²) >= 11 is 0. The van der Waals surface area contributed by atoms with Crippen LogP contribution < -0.4 is 28.4 Å². The lowest BCUT2D eigenvalue weighted by Crippen LogP contribution is -2.20. The molecule has 105 heavy (non-hydrogen) atoms. The van der Waals surface area contributed by atoms with Crippen molar-refractivity contribution in [3.8, 4) is 34.8 Å². The topological polar surface area (TPSA) is 280 Å². The third-order valence-corrected chi connectivity index (χ3v) is 17.0. The molecular formula is C83H88N4O18. The SMILES string of the molecule is C=C(C)C(=O)OCCCCCCOc1ccc2cc(C(=O)Oc3ccc(C(=O)Oc4ccc(/C=C/C(=O)OCC5CCC(CCC)CC5)cc4C)cc3)ccc2c1.C=C(C)C(=O)OCCCCCCOc1ccc2cc(C(=O)Oc3nnc(C(=O)Oc4ccc(/C=C/C(=O)OC)cc4C)nn3)ccc2c1. The molecule has 7 aromatic carbocycles. The molecule has 22 heteroatoms. The molecule has 0 spiro atoms. The van der Waals surface area contributed by atoms with Crippen LogP contribution in [0.2, 0.25) is 0 Å². The molecule has 1 aliphatic carbocycles. The Morgan fingerprint density at radius 2 is 0.867 bits per heavy atom. The molecule has 0 amide bonds. The molecule has 8 aromatic rings. The van der Waals surface area contributed by atoms with Gasteiger partial charge in [0.2, 0.25) is 0 Å². The number of hydrogen-bond donors (Lipinski definition) is 0. The minimum atomic E-state index is -0.912. The smallest absolute Gasteiger partial charge is 0.385 e. The van der Waals surface area contributed by atoms with Crippen LogP contribution in [0.25, 0.3) is 33.7 Å². The zero-order valence-corrected chi connectivity index (χ0v) is 60.2. The van der Waals surface area contributed by atoms with Crippen molar-refractivity contribution < 1.29 is 85.7 Å². The van der Waals surface area contributed by atoms with Gasteiger partial charge in [0.25, 0.3) is 5.82 Å². The van der Waals surface area contributed by atoms with E-state index in [-0.39, 0.29) is 29.2 Å². The number of benzene rings is 7. The molecule has 548 valence electrons. The average Bonchev–Trinajstić information content (AvgIpc) is 0.826. The van der Waals surface area contributed by atoms with Gasteiger partial charge in [-0.05, 0) is 257 Å². The standard InChI is InChI=1S/C48H54O9.C35H34N4O9/c1-5-10-35-11-13-37(14-12-35)32-55-45(49)26-16-36-15-25-44(34(4)29-36)57-47(51)38-19-22-42(23-20-38)56-48(52)41-18-17-40-31-43(24-21-39(40)30-41)53-27-8-6-7-9-28-54-46(50)33(2)3;1-22(2)32(41)46-18-8-6-5-7-17-45-28-14-13-25-20-27(12-11-26(25)21-28)33(42)48-35-38-36-31(37-39-35)34(43)47-29-15-9-24(19-23(29)3)10-16-30(40)44-4/h15-26,29-31,35,37H,2,5-14,27-28,32H2,1,3-4H3;9-16,19-21H,1,5-8,17-18H2,2-4H3/b26-16+;16-10+. The third-order valence-electron chi connectivity index (χ3n) is 17.0. The van der Waals surface area contributed by atoms with E-state index in [0.717, 1.165) is 109 Å². The van der Waals surface area contributed by atoms with Gasteiger partial charge in [0.15, 0.2) is 0 Å². The van der Waals surface area contributed by atoms with Gasteiger partial charge in [-0.2, -0.15) is 0 Å². The molecule has 1 heterocycles. The van der Waals surface area contributed by atoms with Crippen molar-refractivity contribution >= 4 is 81.5 Å². The minimum Gasteiger partial charge on any atom is -0.494 e. The molecule has 1 saturated carbocycles. The van der Waals surface area contributed by atoms with Crippen LogP contribution in [0.15, 0.2) is 170 Å². The molecule has 0 atom stereocenters. The lowest BCUT2D eigenvalue weighted by atomic mass is 9.80. The number of ether oxygens (including phenoxy) is 10. The largest absolute Gasteiger partial charge is 0.494 e. The fraction of sp³-hybridized carbons (Fsp3) is 0.325. The number of unbranched alkanes of at least 4 members (excludes halogenated alkanes) is 6. The Kier molecular flexibility index (Phi) is 30.7. The van der Waals surface area contributed by atoms with E-state index in [1.165, 1.54) is 44.9 Å². The number of aryl methyl sites for hydroxylation is 2. The Balaban J connectivity index is 0.000000269. The third kappa shape index (κ3) is 26.0. The van der Waals surface area contributed by atoms with Crippen molar-refractivity contribution in [2.24, 2.45) is 11.8 Å². The number of carbonyl (C=O) groups excluding carboxylic acids is 8. The van der Waals surface area contributed by atoms with Crippen molar-refractivity contribution in [1.82, 2.24) is 20.4 Å². The summed E-state index contributed by atoms with van der Waals surface area (Å²) in [6, 6.07) is 37.6. The van der Waals surface area contributed by atoms with Gasteiger partial charge in [-0.3, -0.25) is 0 Å². The first-order valence-corrected chi connectivity index (χ1v) is 35.1. The normalized spacial score (nSPS) is 13.2. The van der Waals surface area contributed by atoms with Gasteiger partial charge in [-0.1, -0.05) is 92.4 Å². The predicted molar refractivity (Wildman–Crippen MR) is 395 cm³/mol. The maximum atomic E-state index is 13.0. The van der Waals surface area contributed by atoms with Crippen molar-refractivity contribution in [3.63, 3.8) is 0 Å². The van der Waals surface area contributed by atoms with E-state index in [4.69, 9.17) is 42.6 Å². The second-order valence-electron chi connectivity index (χ2n) is 25.4. The van der Waals surface area contributed by atoms with E-state index < -0.39 is 41.7 Å². The summed E-state index contributed by atoms with van der Waals surface area (Å²) in [5.74, 6) is -1.07. The highest BCUT2D eigenvalue weighted by Crippen LogP contribution is 2.33. The fourth-order valence-corrected chi connectivity index (χ4v) is 11.1. The molecule has 1 aromatic heterocycles. The molecule has 0 unspecified atom stereocenters. The summed E-state index contributed by atoms with van der Waals surface area (Å²) in [7, 11) is 1.28. The summed E-state index contributed by atoms with van der Waals surface area (Å²) in [6.45, 7) is 18.5. The van der Waals surface area contributed by atoms with Crippen molar-refractivity contribution in [3.05, 3.63) is 215 Å². The van der Waals surface area contributed by atoms with Gasteiger partial charge in [-0.15, -0.1) is 10.2 Å². The maximum absolute atomic E-state index is 13.0. The van der Waals surface area contributed by atoms with Gasteiger partial charge in [0.05, 0.1) is 56.8 Å². The average molecular weight is 1430 g/mol. The number of esters is 8. The monoisotopic (exact) mass is 1430 g/mol. The zero-order chi connectivity index (χ0) is 75.0. The van der Waals surface area contributed by atoms with Crippen LogP contribution >= 0.6 is 0 Å². The van der Waals surface area contributed by atoms with Crippen LogP contribution in [0.5, 0.6) is 34.8 Å². The summed E-state index contributed by atoms with van der Waals surface area (Å²) in [5.41, 5.74) is 4.57. The number of methoxy groups -OCH3 is 1. The highest BCUT2D eigenvalue weighted by molar-refractivity contribution is 5.98. The molecule has 1 fully saturated rings. The highest BCUT2D eigenvalue weighted by Gasteiger charge is 2.23. The Labute approximate surface area is 610 Å². The lowest BCUT2D eigenvalue weighted by Gasteiger charge is -2.27. The summed E-state index contributed by atoms with van der Waals surface area (Å²) in [4.78, 5) is 97.7. The minimum absolute atomic E-state index is 0.247. The first kappa shape index (κ1) is 79.0. The molecule has 0 N–H and O–H groups in total. The second kappa shape index (κ2) is 40.8. The molecule has 1 aliphatic rings. The molecule has 0 saturated heterocycles. The quantitative estimate of drug-likeness (QED) is 0.0119. The molecule has 22 nitrogen and oxygen atoms in total. The van der Waals surface area contributed by atoms with E-state index in [9.17, 15) is 38.4 Å². The first-order chi connectivity index (χ1) is 50.7. The number of fused-ring (bicyclic) bond motifs is 2. The number of carbonyl (C=O) groups is 8. The molecule has 0 radical (unpaired) electrons. The van der Waals surface area contributed by atoms with Crippen LogP contribution in [0.3, 0.4) is 0 Å². The molecular weight excluding hydrogens is 1340 g/mol. The van der Waals surface area contributed by atoms with Crippen LogP contribution in [0, 0.1) is 25.7 Å². The van der Waals surface area contributed by atoms with E-state index in [1.54, 1.807) is 118 Å². The first-order valence-electron chi connectivity index (χ1n) is 35.1. The van der Waals surface area contributed by atoms with Gasteiger partial charge in [0, 0.05) is 23.3 Å². The summed E-state index contributed by atoms with van der Waals surface area (Å²) < 4.78 is 53.9. The Hall–Kier alpha value is -11.7. The number of hydrogen-bond acceptors (Lipinski definition) is 22. The van der Waals surface area contributed by atoms with Crippen LogP contribution in [0.4, 0.5) is 0 Å². The molecule has 0 bridgehead atoms. The van der Waals surface area contributed by atoms with Crippen molar-refractivity contribution in [2.45, 2.75) is 125 Å². The summed E-state index contributed by atoms with van der Waals surface area (Å²) in [6.07, 6.45) is 20.3. The zero-order valence-electron chi connectivity index (χ0n) is 60.2. The van der Waals surface area contributed by atoms with Crippen molar-refractivity contribution in [2.75, 3.05) is 40.1 Å². The number of aromatic nitrogens is 4. The van der Waals surface area contributed by atoms with Crippen LogP contribution in [0.1, 0.15) is 175 Å². The van der Waals surface area contributed by atoms with Gasteiger partial charge in [-0.25, -0.2) is 38.4 Å². The predicted octanol–water partition coefficient (Wildman–Crippen LogP) is 16.2.